The maximum absolute atomic E-state index is 11.8. The molecule has 2 rings (SSSR count). The first kappa shape index (κ1) is 13.4. The lowest BCUT2D eigenvalue weighted by Gasteiger charge is -2.06. The van der Waals surface area contributed by atoms with Crippen molar-refractivity contribution >= 4 is 5.91 Å². The third kappa shape index (κ3) is 4.62. The molecule has 0 spiro atoms. The van der Waals surface area contributed by atoms with E-state index in [-0.39, 0.29) is 5.91 Å². The van der Waals surface area contributed by atoms with Gasteiger partial charge in [-0.25, -0.2) is 0 Å². The number of carbonyl (C=O) groups excluding carboxylic acids is 1. The van der Waals surface area contributed by atoms with Crippen LogP contribution in [0.2, 0.25) is 0 Å². The molecule has 0 bridgehead atoms. The van der Waals surface area contributed by atoms with Crippen molar-refractivity contribution in [2.75, 3.05) is 6.54 Å². The fourth-order valence-electron chi connectivity index (χ4n) is 2.08. The van der Waals surface area contributed by atoms with Gasteiger partial charge in [-0.1, -0.05) is 29.8 Å². The number of nitrogens with one attached hydrogen (secondary N) is 1. The van der Waals surface area contributed by atoms with E-state index in [1.807, 2.05) is 49.6 Å². The Kier molecular flexibility index (Phi) is 4.78. The smallest absolute Gasteiger partial charge is 0.224 e. The van der Waals surface area contributed by atoms with E-state index in [0.29, 0.717) is 6.42 Å². The van der Waals surface area contributed by atoms with E-state index in [9.17, 15) is 4.79 Å². The average molecular weight is 256 g/mol. The number of carbonyl (C=O) groups is 1. The molecule has 0 aliphatic heterocycles. The van der Waals surface area contributed by atoms with Crippen molar-refractivity contribution in [1.29, 1.82) is 0 Å². The number of nitrogens with zero attached hydrogens (tertiary/aromatic N) is 1. The van der Waals surface area contributed by atoms with Crippen molar-refractivity contribution in [3.63, 3.8) is 0 Å². The second kappa shape index (κ2) is 6.78. The zero-order valence-corrected chi connectivity index (χ0v) is 11.3. The van der Waals surface area contributed by atoms with Crippen molar-refractivity contribution in [1.82, 2.24) is 9.88 Å². The summed E-state index contributed by atoms with van der Waals surface area (Å²) >= 11 is 0. The maximum Gasteiger partial charge on any atom is 0.224 e. The molecule has 2 aromatic rings. The number of rotatable bonds is 6. The van der Waals surface area contributed by atoms with Gasteiger partial charge in [0.25, 0.3) is 0 Å². The molecule has 0 fully saturated rings. The van der Waals surface area contributed by atoms with Gasteiger partial charge >= 0.3 is 0 Å². The van der Waals surface area contributed by atoms with E-state index in [1.165, 1.54) is 5.56 Å². The highest BCUT2D eigenvalue weighted by atomic mass is 16.1. The van der Waals surface area contributed by atoms with Crippen molar-refractivity contribution in [2.45, 2.75) is 26.3 Å². The lowest BCUT2D eigenvalue weighted by Crippen LogP contribution is -2.26. The van der Waals surface area contributed by atoms with Gasteiger partial charge in [0.15, 0.2) is 0 Å². The lowest BCUT2D eigenvalue weighted by molar-refractivity contribution is -0.120. The van der Waals surface area contributed by atoms with Gasteiger partial charge in [0.05, 0.1) is 6.42 Å². The Bertz CT molecular complexity index is 517. The van der Waals surface area contributed by atoms with Gasteiger partial charge in [-0.2, -0.15) is 0 Å². The Labute approximate surface area is 114 Å². The maximum atomic E-state index is 11.8. The second-order valence-corrected chi connectivity index (χ2v) is 4.79. The summed E-state index contributed by atoms with van der Waals surface area (Å²) in [5, 5.41) is 2.96. The molecule has 0 aliphatic rings. The molecule has 1 heterocycles. The molecule has 3 nitrogen and oxygen atoms in total. The molecule has 1 N–H and O–H groups in total. The van der Waals surface area contributed by atoms with Crippen LogP contribution < -0.4 is 5.32 Å². The van der Waals surface area contributed by atoms with E-state index < -0.39 is 0 Å². The molecule has 3 heteroatoms. The van der Waals surface area contributed by atoms with Gasteiger partial charge in [0, 0.05) is 25.5 Å². The van der Waals surface area contributed by atoms with E-state index in [4.69, 9.17) is 0 Å². The predicted octanol–water partition coefficient (Wildman–Crippen LogP) is 2.55. The number of amides is 1. The molecule has 100 valence electrons. The van der Waals surface area contributed by atoms with Crippen molar-refractivity contribution < 1.29 is 4.79 Å². The molecule has 0 atom stereocenters. The monoisotopic (exact) mass is 256 g/mol. The van der Waals surface area contributed by atoms with Crippen LogP contribution in [0.1, 0.15) is 17.5 Å². The average Bonchev–Trinajstić information content (AvgIpc) is 2.88. The topological polar surface area (TPSA) is 34.0 Å². The summed E-state index contributed by atoms with van der Waals surface area (Å²) in [4.78, 5) is 11.8. The Hall–Kier alpha value is -2.03. The van der Waals surface area contributed by atoms with Gasteiger partial charge in [-0.05, 0) is 31.0 Å². The van der Waals surface area contributed by atoms with Crippen molar-refractivity contribution in [3.05, 3.63) is 59.9 Å². The van der Waals surface area contributed by atoms with Crippen molar-refractivity contribution in [2.24, 2.45) is 0 Å². The minimum atomic E-state index is 0.0955. The molecule has 1 amide bonds. The van der Waals surface area contributed by atoms with Crippen LogP contribution in [0.15, 0.2) is 48.8 Å². The Morgan fingerprint density at radius 2 is 2.00 bits per heavy atom. The molecule has 0 unspecified atom stereocenters. The number of aromatic nitrogens is 1. The lowest BCUT2D eigenvalue weighted by atomic mass is 10.1. The minimum Gasteiger partial charge on any atom is -0.356 e. The normalized spacial score (nSPS) is 10.4. The summed E-state index contributed by atoms with van der Waals surface area (Å²) in [6, 6.07) is 12.1. The summed E-state index contributed by atoms with van der Waals surface area (Å²) in [6.45, 7) is 3.71. The predicted molar refractivity (Wildman–Crippen MR) is 76.9 cm³/mol. The van der Waals surface area contributed by atoms with Crippen LogP contribution in [0.4, 0.5) is 0 Å². The van der Waals surface area contributed by atoms with E-state index in [0.717, 1.165) is 25.1 Å². The summed E-state index contributed by atoms with van der Waals surface area (Å²) < 4.78 is 2.12. The zero-order chi connectivity index (χ0) is 13.5. The van der Waals surface area contributed by atoms with E-state index >= 15 is 0 Å². The Morgan fingerprint density at radius 1 is 1.21 bits per heavy atom. The highest BCUT2D eigenvalue weighted by Gasteiger charge is 2.02. The molecule has 19 heavy (non-hydrogen) atoms. The molecule has 0 saturated heterocycles. The Balaban J connectivity index is 1.67. The van der Waals surface area contributed by atoms with Crippen molar-refractivity contribution in [3.8, 4) is 0 Å². The van der Waals surface area contributed by atoms with Gasteiger partial charge in [-0.15, -0.1) is 0 Å². The van der Waals surface area contributed by atoms with Gasteiger partial charge in [-0.3, -0.25) is 4.79 Å². The summed E-state index contributed by atoms with van der Waals surface area (Å²) in [6.07, 6.45) is 5.49. The summed E-state index contributed by atoms with van der Waals surface area (Å²) in [5.41, 5.74) is 2.26. The molecule has 0 radical (unpaired) electrons. The molecule has 0 aliphatic carbocycles. The minimum absolute atomic E-state index is 0.0955. The third-order valence-corrected chi connectivity index (χ3v) is 3.03. The Morgan fingerprint density at radius 3 is 2.74 bits per heavy atom. The number of hydrogen-bond acceptors (Lipinski definition) is 1. The molecular formula is C16H20N2O. The van der Waals surface area contributed by atoms with Gasteiger partial charge in [0.2, 0.25) is 5.91 Å². The standard InChI is InChI=1S/C16H20N2O/c1-14-6-4-7-15(12-14)13-16(19)17-8-5-11-18-9-2-3-10-18/h2-4,6-7,9-10,12H,5,8,11,13H2,1H3,(H,17,19). The highest BCUT2D eigenvalue weighted by molar-refractivity contribution is 5.78. The summed E-state index contributed by atoms with van der Waals surface area (Å²) in [7, 11) is 0. The number of benzene rings is 1. The third-order valence-electron chi connectivity index (χ3n) is 3.03. The fraction of sp³-hybridized carbons (Fsp3) is 0.312. The van der Waals surface area contributed by atoms with Gasteiger partial charge < -0.3 is 9.88 Å². The first-order chi connectivity index (χ1) is 9.24. The zero-order valence-electron chi connectivity index (χ0n) is 11.3. The number of hydrogen-bond donors (Lipinski definition) is 1. The van der Waals surface area contributed by atoms with Crippen LogP contribution in [0.3, 0.4) is 0 Å². The van der Waals surface area contributed by atoms with Crippen LogP contribution in [0.5, 0.6) is 0 Å². The quantitative estimate of drug-likeness (QED) is 0.792. The van der Waals surface area contributed by atoms with E-state index in [2.05, 4.69) is 16.0 Å². The molecule has 0 saturated carbocycles. The first-order valence-corrected chi connectivity index (χ1v) is 6.67. The fourth-order valence-corrected chi connectivity index (χ4v) is 2.08. The highest BCUT2D eigenvalue weighted by Crippen LogP contribution is 2.04. The van der Waals surface area contributed by atoms with Crippen LogP contribution in [0, 0.1) is 6.92 Å². The SMILES string of the molecule is Cc1cccc(CC(=O)NCCCn2cccc2)c1. The van der Waals surface area contributed by atoms with Gasteiger partial charge in [0.1, 0.15) is 0 Å². The summed E-state index contributed by atoms with van der Waals surface area (Å²) in [5.74, 6) is 0.0955. The van der Waals surface area contributed by atoms with Crippen LogP contribution in [0.25, 0.3) is 0 Å². The largest absolute Gasteiger partial charge is 0.356 e. The van der Waals surface area contributed by atoms with Crippen LogP contribution in [-0.2, 0) is 17.8 Å². The van der Waals surface area contributed by atoms with Crippen LogP contribution >= 0.6 is 0 Å². The molecule has 1 aromatic carbocycles. The number of aryl methyl sites for hydroxylation is 2. The first-order valence-electron chi connectivity index (χ1n) is 6.67. The molecule has 1 aromatic heterocycles. The second-order valence-electron chi connectivity index (χ2n) is 4.79. The van der Waals surface area contributed by atoms with E-state index in [1.54, 1.807) is 0 Å². The molecular weight excluding hydrogens is 236 g/mol. The van der Waals surface area contributed by atoms with Crippen LogP contribution in [-0.4, -0.2) is 17.0 Å².